The van der Waals surface area contributed by atoms with E-state index in [0.29, 0.717) is 6.42 Å². The first-order valence-corrected chi connectivity index (χ1v) is 6.53. The van der Waals surface area contributed by atoms with Gasteiger partial charge in [0.2, 0.25) is 0 Å². The van der Waals surface area contributed by atoms with Crippen LogP contribution >= 0.6 is 15.9 Å². The summed E-state index contributed by atoms with van der Waals surface area (Å²) in [7, 11) is 0. The molecule has 0 fully saturated rings. The molecule has 0 amide bonds. The van der Waals surface area contributed by atoms with Crippen LogP contribution in [0.5, 0.6) is 0 Å². The molecule has 0 saturated heterocycles. The summed E-state index contributed by atoms with van der Waals surface area (Å²) in [5.74, 6) is 0.222. The number of rotatable bonds is 4. The van der Waals surface area contributed by atoms with Crippen LogP contribution in [0.1, 0.15) is 39.1 Å². The lowest BCUT2D eigenvalue weighted by molar-refractivity contribution is 0.0120. The van der Waals surface area contributed by atoms with Gasteiger partial charge in [0.1, 0.15) is 0 Å². The van der Waals surface area contributed by atoms with E-state index in [9.17, 15) is 5.11 Å². The van der Waals surface area contributed by atoms with E-state index < -0.39 is 5.60 Å². The first-order valence-electron chi connectivity index (χ1n) is 5.73. The van der Waals surface area contributed by atoms with Crippen molar-refractivity contribution in [1.29, 1.82) is 0 Å². The monoisotopic (exact) mass is 288 g/mol. The van der Waals surface area contributed by atoms with Crippen LogP contribution in [-0.2, 0) is 13.0 Å². The Morgan fingerprint density at radius 1 is 1.50 bits per heavy atom. The average molecular weight is 289 g/mol. The van der Waals surface area contributed by atoms with Gasteiger partial charge in [0.15, 0.2) is 0 Å². The molecule has 0 aliphatic carbocycles. The maximum atomic E-state index is 10.3. The van der Waals surface area contributed by atoms with Gasteiger partial charge >= 0.3 is 0 Å². The van der Waals surface area contributed by atoms with Crippen molar-refractivity contribution < 1.29 is 5.11 Å². The zero-order chi connectivity index (χ0) is 12.5. The van der Waals surface area contributed by atoms with Gasteiger partial charge < -0.3 is 5.11 Å². The van der Waals surface area contributed by atoms with Gasteiger partial charge in [0, 0.05) is 13.0 Å². The minimum Gasteiger partial charge on any atom is -0.390 e. The van der Waals surface area contributed by atoms with Crippen LogP contribution in [0.4, 0.5) is 0 Å². The minimum absolute atomic E-state index is 0.222. The van der Waals surface area contributed by atoms with Gasteiger partial charge in [0.25, 0.3) is 0 Å². The molecule has 92 valence electrons. The SMILES string of the molecule is CCn1nc(C)c(Br)c1CC(C)(O)C(C)C. The Bertz CT molecular complexity index is 369. The normalized spacial score (nSPS) is 15.5. The summed E-state index contributed by atoms with van der Waals surface area (Å²) in [5.41, 5.74) is 1.37. The number of aromatic nitrogens is 2. The predicted molar refractivity (Wildman–Crippen MR) is 69.5 cm³/mol. The second-order valence-corrected chi connectivity index (χ2v) is 5.64. The number of hydrogen-bond acceptors (Lipinski definition) is 2. The van der Waals surface area contributed by atoms with E-state index in [1.54, 1.807) is 0 Å². The highest BCUT2D eigenvalue weighted by Gasteiger charge is 2.28. The van der Waals surface area contributed by atoms with Gasteiger partial charge in [-0.15, -0.1) is 0 Å². The van der Waals surface area contributed by atoms with E-state index >= 15 is 0 Å². The number of halogens is 1. The minimum atomic E-state index is -0.693. The van der Waals surface area contributed by atoms with Crippen LogP contribution in [0.25, 0.3) is 0 Å². The Morgan fingerprint density at radius 2 is 2.06 bits per heavy atom. The third-order valence-corrected chi connectivity index (χ3v) is 4.25. The highest BCUT2D eigenvalue weighted by Crippen LogP contribution is 2.28. The van der Waals surface area contributed by atoms with Gasteiger partial charge in [-0.25, -0.2) is 0 Å². The number of aliphatic hydroxyl groups is 1. The van der Waals surface area contributed by atoms with Crippen LogP contribution in [-0.4, -0.2) is 20.5 Å². The van der Waals surface area contributed by atoms with Crippen molar-refractivity contribution in [2.75, 3.05) is 0 Å². The summed E-state index contributed by atoms with van der Waals surface area (Å²) in [6, 6.07) is 0. The molecule has 0 aromatic carbocycles. The summed E-state index contributed by atoms with van der Waals surface area (Å²) in [6.45, 7) is 10.8. The van der Waals surface area contributed by atoms with Gasteiger partial charge in [-0.05, 0) is 42.6 Å². The molecule has 1 rings (SSSR count). The first kappa shape index (κ1) is 13.7. The second kappa shape index (κ2) is 4.88. The summed E-state index contributed by atoms with van der Waals surface area (Å²) in [4.78, 5) is 0. The van der Waals surface area contributed by atoms with Gasteiger partial charge in [-0.3, -0.25) is 4.68 Å². The zero-order valence-electron chi connectivity index (χ0n) is 10.7. The van der Waals surface area contributed by atoms with E-state index in [1.165, 1.54) is 0 Å². The fourth-order valence-corrected chi connectivity index (χ4v) is 2.01. The largest absolute Gasteiger partial charge is 0.390 e. The molecular weight excluding hydrogens is 268 g/mol. The molecule has 1 aromatic rings. The highest BCUT2D eigenvalue weighted by atomic mass is 79.9. The van der Waals surface area contributed by atoms with Crippen molar-refractivity contribution in [2.24, 2.45) is 5.92 Å². The first-order chi connectivity index (χ1) is 7.29. The van der Waals surface area contributed by atoms with Crippen molar-refractivity contribution in [3.63, 3.8) is 0 Å². The maximum absolute atomic E-state index is 10.3. The highest BCUT2D eigenvalue weighted by molar-refractivity contribution is 9.10. The lowest BCUT2D eigenvalue weighted by Gasteiger charge is -2.28. The van der Waals surface area contributed by atoms with Crippen molar-refractivity contribution in [3.8, 4) is 0 Å². The van der Waals surface area contributed by atoms with Crippen LogP contribution in [0, 0.1) is 12.8 Å². The van der Waals surface area contributed by atoms with Crippen LogP contribution in [0.3, 0.4) is 0 Å². The van der Waals surface area contributed by atoms with E-state index in [0.717, 1.165) is 22.4 Å². The second-order valence-electron chi connectivity index (χ2n) is 4.85. The average Bonchev–Trinajstić information content (AvgIpc) is 2.45. The van der Waals surface area contributed by atoms with E-state index in [2.05, 4.69) is 28.0 Å². The molecule has 16 heavy (non-hydrogen) atoms. The zero-order valence-corrected chi connectivity index (χ0v) is 12.3. The molecule has 0 bridgehead atoms. The van der Waals surface area contributed by atoms with Gasteiger partial charge in [0.05, 0.1) is 21.5 Å². The van der Waals surface area contributed by atoms with E-state index in [4.69, 9.17) is 0 Å². The summed E-state index contributed by atoms with van der Waals surface area (Å²) >= 11 is 3.55. The molecule has 0 radical (unpaired) electrons. The molecule has 3 nitrogen and oxygen atoms in total. The topological polar surface area (TPSA) is 38.0 Å². The van der Waals surface area contributed by atoms with E-state index in [1.807, 2.05) is 32.4 Å². The molecule has 1 heterocycles. The van der Waals surface area contributed by atoms with Crippen LogP contribution in [0.15, 0.2) is 4.47 Å². The van der Waals surface area contributed by atoms with Crippen LogP contribution in [0.2, 0.25) is 0 Å². The molecule has 0 aliphatic rings. The molecule has 4 heteroatoms. The molecule has 1 aromatic heterocycles. The number of aryl methyl sites for hydroxylation is 2. The molecule has 0 aliphatic heterocycles. The Hall–Kier alpha value is -0.350. The van der Waals surface area contributed by atoms with Crippen LogP contribution < -0.4 is 0 Å². The van der Waals surface area contributed by atoms with Crippen molar-refractivity contribution in [3.05, 3.63) is 15.9 Å². The van der Waals surface area contributed by atoms with Crippen molar-refractivity contribution >= 4 is 15.9 Å². The summed E-state index contributed by atoms with van der Waals surface area (Å²) in [6.07, 6.45) is 0.625. The Balaban J connectivity index is 3.05. The Kier molecular flexibility index (Phi) is 4.18. The molecule has 1 N–H and O–H groups in total. The number of nitrogens with zero attached hydrogens (tertiary/aromatic N) is 2. The fraction of sp³-hybridized carbons (Fsp3) is 0.750. The van der Waals surface area contributed by atoms with Gasteiger partial charge in [-0.2, -0.15) is 5.10 Å². The third-order valence-electron chi connectivity index (χ3n) is 3.22. The molecule has 0 saturated carbocycles. The standard InChI is InChI=1S/C12H21BrN2O/c1-6-15-10(11(13)9(4)14-15)7-12(5,16)8(2)3/h8,16H,6-7H2,1-5H3. The smallest absolute Gasteiger partial charge is 0.0738 e. The molecule has 0 spiro atoms. The molecule has 1 atom stereocenters. The van der Waals surface area contributed by atoms with Crippen molar-refractivity contribution in [2.45, 2.75) is 53.2 Å². The van der Waals surface area contributed by atoms with Crippen molar-refractivity contribution in [1.82, 2.24) is 9.78 Å². The Labute approximate surface area is 106 Å². The fourth-order valence-electron chi connectivity index (χ4n) is 1.58. The quantitative estimate of drug-likeness (QED) is 0.925. The Morgan fingerprint density at radius 3 is 2.50 bits per heavy atom. The molecule has 1 unspecified atom stereocenters. The lowest BCUT2D eigenvalue weighted by Crippen LogP contribution is -2.34. The summed E-state index contributed by atoms with van der Waals surface area (Å²) < 4.78 is 2.98. The van der Waals surface area contributed by atoms with Gasteiger partial charge in [-0.1, -0.05) is 13.8 Å². The lowest BCUT2D eigenvalue weighted by atomic mass is 9.88. The maximum Gasteiger partial charge on any atom is 0.0738 e. The summed E-state index contributed by atoms with van der Waals surface area (Å²) in [5, 5.41) is 14.8. The van der Waals surface area contributed by atoms with E-state index in [-0.39, 0.29) is 5.92 Å². The third kappa shape index (κ3) is 2.66. The molecular formula is C12H21BrN2O. The number of hydrogen-bond donors (Lipinski definition) is 1. The predicted octanol–water partition coefficient (Wildman–Crippen LogP) is 2.92.